The molecule has 0 spiro atoms. The van der Waals surface area contributed by atoms with Crippen molar-refractivity contribution in [1.29, 1.82) is 0 Å². The molecule has 1 aromatic rings. The van der Waals surface area contributed by atoms with Crippen LogP contribution >= 0.6 is 12.2 Å². The lowest BCUT2D eigenvalue weighted by atomic mass is 9.97. The van der Waals surface area contributed by atoms with Gasteiger partial charge in [-0.3, -0.25) is 4.79 Å². The zero-order chi connectivity index (χ0) is 24.9. The van der Waals surface area contributed by atoms with Crippen molar-refractivity contribution in [1.82, 2.24) is 10.6 Å². The number of anilines is 2. The predicted molar refractivity (Wildman–Crippen MR) is 128 cm³/mol. The Labute approximate surface area is 203 Å². The Morgan fingerprint density at radius 2 is 1.74 bits per heavy atom. The van der Waals surface area contributed by atoms with Gasteiger partial charge in [0.15, 0.2) is 11.4 Å². The number of benzene rings is 1. The molecule has 0 aromatic heterocycles. The highest BCUT2D eigenvalue weighted by Crippen LogP contribution is 2.22. The molecule has 1 amide bonds. The summed E-state index contributed by atoms with van der Waals surface area (Å²) in [6, 6.07) is 6.24. The highest BCUT2D eigenvalue weighted by atomic mass is 32.1. The molecule has 8 N–H and O–H groups in total. The molecule has 12 nitrogen and oxygen atoms in total. The van der Waals surface area contributed by atoms with Gasteiger partial charge in [0.05, 0.1) is 39.6 Å². The van der Waals surface area contributed by atoms with E-state index < -0.39 is 43.2 Å². The van der Waals surface area contributed by atoms with Crippen LogP contribution in [0.4, 0.5) is 11.4 Å². The van der Waals surface area contributed by atoms with Crippen LogP contribution in [0.1, 0.15) is 6.92 Å². The highest BCUT2D eigenvalue weighted by molar-refractivity contribution is 7.80. The first-order valence-electron chi connectivity index (χ1n) is 10.9. The lowest BCUT2D eigenvalue weighted by Crippen LogP contribution is -2.64. The fourth-order valence-electron chi connectivity index (χ4n) is 3.14. The Balaban J connectivity index is 1.53. The molecule has 2 rings (SSSR count). The van der Waals surface area contributed by atoms with E-state index in [1.54, 1.807) is 12.1 Å². The Morgan fingerprint density at radius 1 is 1.09 bits per heavy atom. The van der Waals surface area contributed by atoms with E-state index in [4.69, 9.17) is 36.9 Å². The van der Waals surface area contributed by atoms with Gasteiger partial charge in [-0.1, -0.05) is 0 Å². The fourth-order valence-corrected chi connectivity index (χ4v) is 3.36. The summed E-state index contributed by atoms with van der Waals surface area (Å²) < 4.78 is 21.9. The molecular formula is C21H34N4O8S. The van der Waals surface area contributed by atoms with Crippen molar-refractivity contribution < 1.29 is 39.1 Å². The summed E-state index contributed by atoms with van der Waals surface area (Å²) in [5.41, 5.74) is 7.16. The van der Waals surface area contributed by atoms with Gasteiger partial charge in [-0.15, -0.1) is 0 Å². The Kier molecular flexibility index (Phi) is 12.4. The predicted octanol–water partition coefficient (Wildman–Crippen LogP) is -1.45. The number of nitrogen functional groups attached to an aromatic ring is 1. The van der Waals surface area contributed by atoms with Crippen LogP contribution in [0.25, 0.3) is 0 Å². The smallest absolute Gasteiger partial charge is 0.217 e. The maximum absolute atomic E-state index is 11.4. The van der Waals surface area contributed by atoms with Gasteiger partial charge < -0.3 is 56.0 Å². The molecule has 192 valence electrons. The number of rotatable bonds is 13. The lowest BCUT2D eigenvalue weighted by Gasteiger charge is -2.42. The monoisotopic (exact) mass is 502 g/mol. The number of aliphatic hydroxyl groups is 3. The molecule has 13 heteroatoms. The Hall–Kier alpha value is -2.10. The number of ether oxygens (including phenoxy) is 4. The first kappa shape index (κ1) is 28.1. The molecule has 0 aliphatic carbocycles. The number of hydrogen-bond donors (Lipinski definition) is 7. The number of nitrogens with two attached hydrogens (primary N) is 1. The van der Waals surface area contributed by atoms with Crippen LogP contribution in [0.15, 0.2) is 24.3 Å². The van der Waals surface area contributed by atoms with E-state index in [1.807, 2.05) is 12.1 Å². The van der Waals surface area contributed by atoms with Crippen LogP contribution in [-0.2, 0) is 23.7 Å². The zero-order valence-electron chi connectivity index (χ0n) is 19.0. The van der Waals surface area contributed by atoms with Crippen molar-refractivity contribution in [3.63, 3.8) is 0 Å². The number of thiocarbonyl (C=S) groups is 1. The van der Waals surface area contributed by atoms with Crippen molar-refractivity contribution in [2.75, 3.05) is 57.2 Å². The second kappa shape index (κ2) is 15.0. The van der Waals surface area contributed by atoms with Gasteiger partial charge in [0, 0.05) is 24.8 Å². The molecule has 0 radical (unpaired) electrons. The van der Waals surface area contributed by atoms with E-state index in [-0.39, 0.29) is 13.2 Å². The first-order chi connectivity index (χ1) is 16.3. The standard InChI is InChI=1S/C21H34N4O8S/c1-13(27)24-17-19(29)18(28)16(12-26)33-20(17)32-11-10-31-9-8-30-7-6-23-21(34)25-15-4-2-14(22)3-5-15/h2-5,16-20,26,28-29H,6-12,22H2,1H3,(H,24,27)(H2,23,25,34)/t16?,17-,18-,19?,20+/m0/s1. The van der Waals surface area contributed by atoms with E-state index in [1.165, 1.54) is 6.92 Å². The number of carbonyl (C=O) groups is 1. The van der Waals surface area contributed by atoms with E-state index in [0.717, 1.165) is 5.69 Å². The number of hydrogen-bond acceptors (Lipinski definition) is 10. The van der Waals surface area contributed by atoms with Crippen LogP contribution in [0.3, 0.4) is 0 Å². The summed E-state index contributed by atoms with van der Waals surface area (Å²) in [5.74, 6) is -0.416. The molecule has 1 aromatic carbocycles. The summed E-state index contributed by atoms with van der Waals surface area (Å²) >= 11 is 5.21. The van der Waals surface area contributed by atoms with Gasteiger partial charge in [-0.05, 0) is 36.5 Å². The third kappa shape index (κ3) is 9.64. The van der Waals surface area contributed by atoms with Crippen LogP contribution in [0.2, 0.25) is 0 Å². The number of amides is 1. The minimum atomic E-state index is -1.35. The number of aliphatic hydroxyl groups excluding tert-OH is 3. The summed E-state index contributed by atoms with van der Waals surface area (Å²) in [4.78, 5) is 11.4. The molecule has 0 bridgehead atoms. The van der Waals surface area contributed by atoms with Crippen molar-refractivity contribution in [2.24, 2.45) is 0 Å². The molecule has 1 aliphatic heterocycles. The Bertz CT molecular complexity index is 757. The van der Waals surface area contributed by atoms with Gasteiger partial charge in [-0.2, -0.15) is 0 Å². The SMILES string of the molecule is CC(=O)N[C@H]1C(O)[C@@H](O)C(CO)O[C@H]1OCCOCCOCCNC(=S)Nc1ccc(N)cc1. The van der Waals surface area contributed by atoms with Crippen LogP contribution < -0.4 is 21.7 Å². The van der Waals surface area contributed by atoms with E-state index in [0.29, 0.717) is 37.2 Å². The van der Waals surface area contributed by atoms with E-state index in [2.05, 4.69) is 16.0 Å². The average Bonchev–Trinajstić information content (AvgIpc) is 2.80. The molecule has 1 saturated heterocycles. The van der Waals surface area contributed by atoms with Gasteiger partial charge in [0.1, 0.15) is 24.4 Å². The van der Waals surface area contributed by atoms with E-state index >= 15 is 0 Å². The lowest BCUT2D eigenvalue weighted by molar-refractivity contribution is -0.272. The first-order valence-corrected chi connectivity index (χ1v) is 11.3. The molecule has 1 heterocycles. The van der Waals surface area contributed by atoms with E-state index in [9.17, 15) is 20.1 Å². The number of nitrogens with one attached hydrogen (secondary N) is 3. The Morgan fingerprint density at radius 3 is 2.38 bits per heavy atom. The molecular weight excluding hydrogens is 468 g/mol. The minimum absolute atomic E-state index is 0.106. The minimum Gasteiger partial charge on any atom is -0.399 e. The third-order valence-electron chi connectivity index (χ3n) is 4.83. The zero-order valence-corrected chi connectivity index (χ0v) is 19.8. The summed E-state index contributed by atoms with van der Waals surface area (Å²) in [6.45, 7) is 2.74. The second-order valence-electron chi connectivity index (χ2n) is 7.53. The largest absolute Gasteiger partial charge is 0.399 e. The van der Waals surface area contributed by atoms with Gasteiger partial charge in [0.2, 0.25) is 5.91 Å². The maximum Gasteiger partial charge on any atom is 0.217 e. The molecule has 2 unspecified atom stereocenters. The van der Waals surface area contributed by atoms with Gasteiger partial charge >= 0.3 is 0 Å². The fraction of sp³-hybridized carbons (Fsp3) is 0.619. The van der Waals surface area contributed by atoms with Gasteiger partial charge in [0.25, 0.3) is 0 Å². The second-order valence-corrected chi connectivity index (χ2v) is 7.94. The van der Waals surface area contributed by atoms with Crippen molar-refractivity contribution >= 4 is 34.6 Å². The van der Waals surface area contributed by atoms with Crippen molar-refractivity contribution in [2.45, 2.75) is 37.6 Å². The van der Waals surface area contributed by atoms with Crippen molar-refractivity contribution in [3.05, 3.63) is 24.3 Å². The molecule has 1 fully saturated rings. The number of carbonyl (C=O) groups excluding carboxylic acids is 1. The van der Waals surface area contributed by atoms with Crippen molar-refractivity contribution in [3.8, 4) is 0 Å². The average molecular weight is 503 g/mol. The van der Waals surface area contributed by atoms with Gasteiger partial charge in [-0.25, -0.2) is 0 Å². The molecule has 1 aliphatic rings. The highest BCUT2D eigenvalue weighted by Gasteiger charge is 2.45. The normalized spacial score (nSPS) is 24.4. The molecule has 5 atom stereocenters. The molecule has 0 saturated carbocycles. The summed E-state index contributed by atoms with van der Waals surface area (Å²) in [5, 5.41) is 38.5. The summed E-state index contributed by atoms with van der Waals surface area (Å²) in [6.07, 6.45) is -4.77. The van der Waals surface area contributed by atoms with Crippen LogP contribution in [-0.4, -0.2) is 103 Å². The third-order valence-corrected chi connectivity index (χ3v) is 5.08. The maximum atomic E-state index is 11.4. The van der Waals surface area contributed by atoms with Crippen LogP contribution in [0, 0.1) is 0 Å². The molecule has 34 heavy (non-hydrogen) atoms. The summed E-state index contributed by atoms with van der Waals surface area (Å²) in [7, 11) is 0. The van der Waals surface area contributed by atoms with Crippen LogP contribution in [0.5, 0.6) is 0 Å². The quantitative estimate of drug-likeness (QED) is 0.0950. The topological polar surface area (TPSA) is 177 Å².